The van der Waals surface area contributed by atoms with Gasteiger partial charge in [-0.1, -0.05) is 24.9 Å². The van der Waals surface area contributed by atoms with Crippen LogP contribution in [-0.4, -0.2) is 48.4 Å². The van der Waals surface area contributed by atoms with Crippen molar-refractivity contribution in [3.63, 3.8) is 0 Å². The van der Waals surface area contributed by atoms with Crippen LogP contribution < -0.4 is 0 Å². The quantitative estimate of drug-likeness (QED) is 0.804. The third-order valence-corrected chi connectivity index (χ3v) is 4.25. The van der Waals surface area contributed by atoms with Crippen LogP contribution in [0.3, 0.4) is 0 Å². The Bertz CT molecular complexity index is 442. The van der Waals surface area contributed by atoms with Crippen molar-refractivity contribution in [3.05, 3.63) is 34.9 Å². The first-order chi connectivity index (χ1) is 9.61. The summed E-state index contributed by atoms with van der Waals surface area (Å²) in [6.45, 7) is 5.50. The van der Waals surface area contributed by atoms with Crippen molar-refractivity contribution in [3.8, 4) is 0 Å². The van der Waals surface area contributed by atoms with Gasteiger partial charge in [-0.3, -0.25) is 4.79 Å². The lowest BCUT2D eigenvalue weighted by atomic mass is 10.1. The molecule has 110 valence electrons. The molecule has 1 aliphatic rings. The lowest BCUT2D eigenvalue weighted by Crippen LogP contribution is -2.49. The Morgan fingerprint density at radius 3 is 2.50 bits per heavy atom. The number of rotatable bonds is 6. The summed E-state index contributed by atoms with van der Waals surface area (Å²) < 4.78 is 0. The molecule has 1 amide bonds. The van der Waals surface area contributed by atoms with Crippen molar-refractivity contribution in [1.29, 1.82) is 0 Å². The Labute approximate surface area is 126 Å². The van der Waals surface area contributed by atoms with Gasteiger partial charge < -0.3 is 9.80 Å². The Morgan fingerprint density at radius 2 is 2.00 bits per heavy atom. The summed E-state index contributed by atoms with van der Waals surface area (Å²) in [4.78, 5) is 16.8. The van der Waals surface area contributed by atoms with Gasteiger partial charge in [0.25, 0.3) is 5.91 Å². The number of halogens is 1. The van der Waals surface area contributed by atoms with Gasteiger partial charge in [0.1, 0.15) is 0 Å². The zero-order chi connectivity index (χ0) is 14.5. The Kier molecular flexibility index (Phi) is 5.44. The Hall–Kier alpha value is -1.06. The standard InChI is InChI=1S/C16H23ClN2O/c1-3-5-15(12-19-10-4-11-19)18(2)16(20)13-6-8-14(17)9-7-13/h6-9,15H,3-5,10-12H2,1-2H3. The van der Waals surface area contributed by atoms with Crippen LogP contribution in [0.5, 0.6) is 0 Å². The third-order valence-electron chi connectivity index (χ3n) is 4.00. The van der Waals surface area contributed by atoms with Crippen molar-refractivity contribution < 1.29 is 4.79 Å². The fourth-order valence-corrected chi connectivity index (χ4v) is 2.69. The monoisotopic (exact) mass is 294 g/mol. The highest BCUT2D eigenvalue weighted by Gasteiger charge is 2.25. The predicted octanol–water partition coefficient (Wildman–Crippen LogP) is 3.29. The van der Waals surface area contributed by atoms with E-state index in [4.69, 9.17) is 11.6 Å². The lowest BCUT2D eigenvalue weighted by molar-refractivity contribution is 0.0627. The van der Waals surface area contributed by atoms with Gasteiger partial charge in [0, 0.05) is 30.2 Å². The van der Waals surface area contributed by atoms with Gasteiger partial charge in [-0.25, -0.2) is 0 Å². The van der Waals surface area contributed by atoms with Crippen LogP contribution in [0.25, 0.3) is 0 Å². The summed E-state index contributed by atoms with van der Waals surface area (Å²) in [5, 5.41) is 0.662. The number of benzene rings is 1. The highest BCUT2D eigenvalue weighted by molar-refractivity contribution is 6.30. The van der Waals surface area contributed by atoms with Crippen molar-refractivity contribution in [2.75, 3.05) is 26.7 Å². The van der Waals surface area contributed by atoms with Crippen LogP contribution in [-0.2, 0) is 0 Å². The van der Waals surface area contributed by atoms with E-state index in [1.807, 2.05) is 11.9 Å². The molecule has 0 radical (unpaired) electrons. The van der Waals surface area contributed by atoms with Gasteiger partial charge in [0.2, 0.25) is 0 Å². The maximum absolute atomic E-state index is 12.5. The van der Waals surface area contributed by atoms with E-state index < -0.39 is 0 Å². The molecule has 1 saturated heterocycles. The van der Waals surface area contributed by atoms with Crippen LogP contribution in [0.2, 0.25) is 5.02 Å². The highest BCUT2D eigenvalue weighted by atomic mass is 35.5. The first-order valence-electron chi connectivity index (χ1n) is 7.37. The summed E-state index contributed by atoms with van der Waals surface area (Å²) in [7, 11) is 1.91. The van der Waals surface area contributed by atoms with Crippen LogP contribution >= 0.6 is 11.6 Å². The fraction of sp³-hybridized carbons (Fsp3) is 0.562. The number of amides is 1. The second-order valence-electron chi connectivity index (χ2n) is 5.52. The van der Waals surface area contributed by atoms with E-state index in [0.717, 1.165) is 19.4 Å². The third kappa shape index (κ3) is 3.74. The molecule has 1 heterocycles. The minimum atomic E-state index is 0.0839. The topological polar surface area (TPSA) is 23.6 Å². The van der Waals surface area contributed by atoms with Crippen molar-refractivity contribution in [1.82, 2.24) is 9.80 Å². The maximum Gasteiger partial charge on any atom is 0.253 e. The average molecular weight is 295 g/mol. The molecule has 0 spiro atoms. The maximum atomic E-state index is 12.5. The van der Waals surface area contributed by atoms with Crippen LogP contribution in [0.4, 0.5) is 0 Å². The largest absolute Gasteiger partial charge is 0.337 e. The summed E-state index contributed by atoms with van der Waals surface area (Å²) in [5.74, 6) is 0.0839. The number of hydrogen-bond acceptors (Lipinski definition) is 2. The number of hydrogen-bond donors (Lipinski definition) is 0. The molecule has 0 aliphatic carbocycles. The normalized spacial score (nSPS) is 16.6. The molecule has 0 bridgehead atoms. The summed E-state index contributed by atoms with van der Waals surface area (Å²) in [6, 6.07) is 7.44. The van der Waals surface area contributed by atoms with Crippen LogP contribution in [0.1, 0.15) is 36.5 Å². The highest BCUT2D eigenvalue weighted by Crippen LogP contribution is 2.16. The molecule has 4 heteroatoms. The molecule has 1 aromatic rings. The van der Waals surface area contributed by atoms with E-state index in [-0.39, 0.29) is 5.91 Å². The van der Waals surface area contributed by atoms with Crippen LogP contribution in [0, 0.1) is 0 Å². The van der Waals surface area contributed by atoms with Crippen molar-refractivity contribution in [2.24, 2.45) is 0 Å². The summed E-state index contributed by atoms with van der Waals surface area (Å²) in [6.07, 6.45) is 3.43. The minimum Gasteiger partial charge on any atom is -0.337 e. The van der Waals surface area contributed by atoms with Gasteiger partial charge in [-0.05, 0) is 50.2 Å². The van der Waals surface area contributed by atoms with Gasteiger partial charge in [0.05, 0.1) is 0 Å². The Morgan fingerprint density at radius 1 is 1.35 bits per heavy atom. The SMILES string of the molecule is CCCC(CN1CCC1)N(C)C(=O)c1ccc(Cl)cc1. The molecular formula is C16H23ClN2O. The number of carbonyl (C=O) groups excluding carboxylic acids is 1. The molecule has 3 nitrogen and oxygen atoms in total. The Balaban J connectivity index is 2.02. The molecule has 0 saturated carbocycles. The van der Waals surface area contributed by atoms with Gasteiger partial charge >= 0.3 is 0 Å². The molecule has 1 aliphatic heterocycles. The first-order valence-corrected chi connectivity index (χ1v) is 7.74. The van der Waals surface area contributed by atoms with E-state index in [1.54, 1.807) is 24.3 Å². The smallest absolute Gasteiger partial charge is 0.253 e. The summed E-state index contributed by atoms with van der Waals surface area (Å²) in [5.41, 5.74) is 0.710. The minimum absolute atomic E-state index is 0.0839. The lowest BCUT2D eigenvalue weighted by Gasteiger charge is -2.37. The second-order valence-corrected chi connectivity index (χ2v) is 5.96. The molecule has 1 unspecified atom stereocenters. The molecule has 1 fully saturated rings. The molecule has 1 aromatic carbocycles. The van der Waals surface area contributed by atoms with Crippen molar-refractivity contribution >= 4 is 17.5 Å². The first kappa shape index (κ1) is 15.3. The van der Waals surface area contributed by atoms with Gasteiger partial charge in [-0.15, -0.1) is 0 Å². The molecule has 1 atom stereocenters. The zero-order valence-corrected chi connectivity index (χ0v) is 13.1. The summed E-state index contributed by atoms with van der Waals surface area (Å²) >= 11 is 5.87. The van der Waals surface area contributed by atoms with E-state index in [9.17, 15) is 4.79 Å². The predicted molar refractivity (Wildman–Crippen MR) is 83.3 cm³/mol. The number of likely N-dealkylation sites (N-methyl/N-ethyl adjacent to an activating group) is 1. The molecule has 0 aromatic heterocycles. The second kappa shape index (κ2) is 7.09. The van der Waals surface area contributed by atoms with E-state index in [2.05, 4.69) is 11.8 Å². The average Bonchev–Trinajstić information content (AvgIpc) is 2.40. The van der Waals surface area contributed by atoms with E-state index in [0.29, 0.717) is 16.6 Å². The van der Waals surface area contributed by atoms with Crippen molar-refractivity contribution in [2.45, 2.75) is 32.2 Å². The molecule has 2 rings (SSSR count). The van der Waals surface area contributed by atoms with E-state index in [1.165, 1.54) is 19.5 Å². The number of nitrogens with zero attached hydrogens (tertiary/aromatic N) is 2. The molecular weight excluding hydrogens is 272 g/mol. The number of likely N-dealkylation sites (tertiary alicyclic amines) is 1. The van der Waals surface area contributed by atoms with Gasteiger partial charge in [-0.2, -0.15) is 0 Å². The van der Waals surface area contributed by atoms with E-state index >= 15 is 0 Å². The number of carbonyl (C=O) groups is 1. The van der Waals surface area contributed by atoms with Gasteiger partial charge in [0.15, 0.2) is 0 Å². The fourth-order valence-electron chi connectivity index (χ4n) is 2.56. The molecule has 0 N–H and O–H groups in total. The zero-order valence-electron chi connectivity index (χ0n) is 12.3. The molecule has 20 heavy (non-hydrogen) atoms. The van der Waals surface area contributed by atoms with Crippen LogP contribution in [0.15, 0.2) is 24.3 Å².